The maximum atomic E-state index is 7.30. The third-order valence-corrected chi connectivity index (χ3v) is 3.46. The number of nitrogens with zero attached hydrogens (tertiary/aromatic N) is 2. The zero-order valence-electron chi connectivity index (χ0n) is 9.29. The first-order valence-corrected chi connectivity index (χ1v) is 6.65. The highest BCUT2D eigenvalue weighted by atomic mass is 79.9. The number of amidine groups is 1. The molecule has 0 unspecified atom stereocenters. The van der Waals surface area contributed by atoms with E-state index >= 15 is 0 Å². The molecule has 92 valence electrons. The highest BCUT2D eigenvalue weighted by Crippen LogP contribution is 2.35. The molecule has 0 atom stereocenters. The Morgan fingerprint density at radius 3 is 2.88 bits per heavy atom. The van der Waals surface area contributed by atoms with Crippen LogP contribution >= 0.6 is 27.5 Å². The van der Waals surface area contributed by atoms with Crippen molar-refractivity contribution in [3.05, 3.63) is 21.8 Å². The van der Waals surface area contributed by atoms with Crippen LogP contribution in [0.3, 0.4) is 0 Å². The van der Waals surface area contributed by atoms with Crippen LogP contribution < -0.4 is 10.6 Å². The van der Waals surface area contributed by atoms with Crippen LogP contribution in [0.1, 0.15) is 19.3 Å². The maximum Gasteiger partial charge on any atom is 0.143 e. The van der Waals surface area contributed by atoms with Gasteiger partial charge in [0.25, 0.3) is 0 Å². The molecular formula is C11H14BrClN4. The molecule has 1 aliphatic rings. The molecule has 0 aromatic carbocycles. The SMILES string of the molecule is N=C(N)CCN(c1ncc(Cl)cc1Br)C1CC1. The molecule has 0 radical (unpaired) electrons. The average molecular weight is 318 g/mol. The molecule has 1 aliphatic carbocycles. The van der Waals surface area contributed by atoms with E-state index in [-0.39, 0.29) is 5.84 Å². The number of rotatable bonds is 5. The number of nitrogens with two attached hydrogens (primary N) is 1. The van der Waals surface area contributed by atoms with Crippen molar-refractivity contribution in [1.29, 1.82) is 5.41 Å². The Hall–Kier alpha value is -0.810. The van der Waals surface area contributed by atoms with E-state index in [1.165, 1.54) is 12.8 Å². The predicted molar refractivity (Wildman–Crippen MR) is 73.8 cm³/mol. The van der Waals surface area contributed by atoms with Crippen LogP contribution in [-0.2, 0) is 0 Å². The van der Waals surface area contributed by atoms with Gasteiger partial charge in [0.1, 0.15) is 5.82 Å². The number of pyridine rings is 1. The summed E-state index contributed by atoms with van der Waals surface area (Å²) in [7, 11) is 0. The van der Waals surface area contributed by atoms with Crippen LogP contribution in [-0.4, -0.2) is 23.4 Å². The second-order valence-corrected chi connectivity index (χ2v) is 5.45. The molecule has 1 fully saturated rings. The molecule has 4 nitrogen and oxygen atoms in total. The smallest absolute Gasteiger partial charge is 0.143 e. The molecule has 3 N–H and O–H groups in total. The lowest BCUT2D eigenvalue weighted by Crippen LogP contribution is -2.30. The monoisotopic (exact) mass is 316 g/mol. The van der Waals surface area contributed by atoms with Crippen molar-refractivity contribution in [3.63, 3.8) is 0 Å². The molecule has 1 heterocycles. The van der Waals surface area contributed by atoms with Crippen LogP contribution in [0.15, 0.2) is 16.7 Å². The van der Waals surface area contributed by atoms with E-state index in [1.807, 2.05) is 6.07 Å². The van der Waals surface area contributed by atoms with Crippen LogP contribution in [0, 0.1) is 5.41 Å². The fraction of sp³-hybridized carbons (Fsp3) is 0.455. The lowest BCUT2D eigenvalue weighted by atomic mass is 10.3. The standard InChI is InChI=1S/C11H14BrClN4/c12-9-5-7(13)6-16-11(9)17(8-1-2-8)4-3-10(14)15/h5-6,8H,1-4H2,(H3,14,15). The maximum absolute atomic E-state index is 7.30. The summed E-state index contributed by atoms with van der Waals surface area (Å²) >= 11 is 9.36. The van der Waals surface area contributed by atoms with Gasteiger partial charge in [0, 0.05) is 25.2 Å². The minimum Gasteiger partial charge on any atom is -0.388 e. The van der Waals surface area contributed by atoms with Gasteiger partial charge < -0.3 is 10.6 Å². The van der Waals surface area contributed by atoms with Gasteiger partial charge in [-0.2, -0.15) is 0 Å². The minimum absolute atomic E-state index is 0.209. The molecule has 6 heteroatoms. The Morgan fingerprint density at radius 2 is 2.35 bits per heavy atom. The zero-order valence-corrected chi connectivity index (χ0v) is 11.6. The molecule has 0 amide bonds. The van der Waals surface area contributed by atoms with Crippen molar-refractivity contribution in [2.45, 2.75) is 25.3 Å². The number of nitrogens with one attached hydrogen (secondary N) is 1. The van der Waals surface area contributed by atoms with E-state index in [1.54, 1.807) is 6.20 Å². The molecule has 0 spiro atoms. The van der Waals surface area contributed by atoms with Crippen molar-refractivity contribution in [3.8, 4) is 0 Å². The Kier molecular flexibility index (Phi) is 3.89. The third-order valence-electron chi connectivity index (χ3n) is 2.67. The summed E-state index contributed by atoms with van der Waals surface area (Å²) in [6, 6.07) is 2.37. The highest BCUT2D eigenvalue weighted by molar-refractivity contribution is 9.10. The molecule has 17 heavy (non-hydrogen) atoms. The summed E-state index contributed by atoms with van der Waals surface area (Å²) in [4.78, 5) is 6.55. The molecule has 2 rings (SSSR count). The fourth-order valence-corrected chi connectivity index (χ4v) is 2.57. The summed E-state index contributed by atoms with van der Waals surface area (Å²) < 4.78 is 0.889. The van der Waals surface area contributed by atoms with Crippen LogP contribution in [0.2, 0.25) is 5.02 Å². The van der Waals surface area contributed by atoms with Crippen molar-refractivity contribution in [2.24, 2.45) is 5.73 Å². The second-order valence-electron chi connectivity index (χ2n) is 4.16. The van der Waals surface area contributed by atoms with Crippen LogP contribution in [0.4, 0.5) is 5.82 Å². The van der Waals surface area contributed by atoms with Gasteiger partial charge in [-0.3, -0.25) is 5.41 Å². The van der Waals surface area contributed by atoms with Crippen molar-refractivity contribution >= 4 is 39.2 Å². The zero-order chi connectivity index (χ0) is 12.4. The van der Waals surface area contributed by atoms with E-state index in [9.17, 15) is 0 Å². The average Bonchev–Trinajstić information content (AvgIpc) is 3.04. The Morgan fingerprint density at radius 1 is 1.65 bits per heavy atom. The first kappa shape index (κ1) is 12.6. The van der Waals surface area contributed by atoms with Gasteiger partial charge in [-0.25, -0.2) is 4.98 Å². The quantitative estimate of drug-likeness (QED) is 0.648. The Labute approximate surface area is 114 Å². The lowest BCUT2D eigenvalue weighted by Gasteiger charge is -2.24. The lowest BCUT2D eigenvalue weighted by molar-refractivity contribution is 0.779. The van der Waals surface area contributed by atoms with Crippen LogP contribution in [0.5, 0.6) is 0 Å². The number of aromatic nitrogens is 1. The minimum atomic E-state index is 0.209. The topological polar surface area (TPSA) is 66.0 Å². The summed E-state index contributed by atoms with van der Waals surface area (Å²) in [6.07, 6.45) is 4.56. The molecule has 1 aromatic heterocycles. The molecule has 1 aromatic rings. The van der Waals surface area contributed by atoms with Crippen molar-refractivity contribution in [2.75, 3.05) is 11.4 Å². The predicted octanol–water partition coefficient (Wildman–Crippen LogP) is 2.79. The largest absolute Gasteiger partial charge is 0.388 e. The number of halogens is 2. The highest BCUT2D eigenvalue weighted by Gasteiger charge is 2.30. The Bertz CT molecular complexity index is 433. The van der Waals surface area contributed by atoms with E-state index in [2.05, 4.69) is 25.8 Å². The summed E-state index contributed by atoms with van der Waals surface area (Å²) in [5.74, 6) is 1.10. The van der Waals surface area contributed by atoms with Gasteiger partial charge in [0.15, 0.2) is 0 Å². The van der Waals surface area contributed by atoms with E-state index in [0.717, 1.165) is 16.8 Å². The van der Waals surface area contributed by atoms with Gasteiger partial charge in [0.2, 0.25) is 0 Å². The first-order chi connectivity index (χ1) is 8.08. The third kappa shape index (κ3) is 3.33. The molecule has 0 aliphatic heterocycles. The fourth-order valence-electron chi connectivity index (χ4n) is 1.71. The number of hydrogen-bond acceptors (Lipinski definition) is 3. The second kappa shape index (κ2) is 5.23. The molecule has 0 bridgehead atoms. The van der Waals surface area contributed by atoms with E-state index < -0.39 is 0 Å². The van der Waals surface area contributed by atoms with E-state index in [0.29, 0.717) is 17.5 Å². The number of anilines is 1. The normalized spacial score (nSPS) is 14.7. The summed E-state index contributed by atoms with van der Waals surface area (Å²) in [5.41, 5.74) is 5.40. The molecule has 0 saturated heterocycles. The van der Waals surface area contributed by atoms with Crippen molar-refractivity contribution in [1.82, 2.24) is 4.98 Å². The van der Waals surface area contributed by atoms with Crippen LogP contribution in [0.25, 0.3) is 0 Å². The summed E-state index contributed by atoms with van der Waals surface area (Å²) in [5, 5.41) is 7.91. The van der Waals surface area contributed by atoms with Gasteiger partial charge in [0.05, 0.1) is 15.3 Å². The van der Waals surface area contributed by atoms with Gasteiger partial charge >= 0.3 is 0 Å². The van der Waals surface area contributed by atoms with Gasteiger partial charge in [-0.05, 0) is 34.8 Å². The van der Waals surface area contributed by atoms with Gasteiger partial charge in [-0.1, -0.05) is 11.6 Å². The molecule has 1 saturated carbocycles. The molecular weight excluding hydrogens is 304 g/mol. The van der Waals surface area contributed by atoms with Crippen molar-refractivity contribution < 1.29 is 0 Å². The summed E-state index contributed by atoms with van der Waals surface area (Å²) in [6.45, 7) is 0.729. The van der Waals surface area contributed by atoms with Gasteiger partial charge in [-0.15, -0.1) is 0 Å². The Balaban J connectivity index is 2.17. The first-order valence-electron chi connectivity index (χ1n) is 5.48. The van der Waals surface area contributed by atoms with E-state index in [4.69, 9.17) is 22.7 Å². The number of hydrogen-bond donors (Lipinski definition) is 2.